The first kappa shape index (κ1) is 17.7. The second-order valence-corrected chi connectivity index (χ2v) is 6.96. The Morgan fingerprint density at radius 2 is 1.93 bits per heavy atom. The van der Waals surface area contributed by atoms with E-state index in [-0.39, 0.29) is 0 Å². The molecule has 1 aliphatic heterocycles. The molecule has 0 unspecified atom stereocenters. The zero-order valence-electron chi connectivity index (χ0n) is 16.0. The summed E-state index contributed by atoms with van der Waals surface area (Å²) in [5.41, 5.74) is 2.63. The molecule has 0 amide bonds. The number of rotatable bonds is 6. The number of anilines is 1. The number of nitrogens with zero attached hydrogens (tertiary/aromatic N) is 8. The van der Waals surface area contributed by atoms with Gasteiger partial charge in [-0.25, -0.2) is 19.3 Å². The Labute approximate surface area is 159 Å². The third-order valence-electron chi connectivity index (χ3n) is 4.97. The highest BCUT2D eigenvalue weighted by molar-refractivity contribution is 5.48. The molecule has 3 heterocycles. The van der Waals surface area contributed by atoms with E-state index in [0.29, 0.717) is 6.54 Å². The molecule has 4 rings (SSSR count). The fourth-order valence-corrected chi connectivity index (χ4v) is 3.51. The Balaban J connectivity index is 1.38. The van der Waals surface area contributed by atoms with Crippen molar-refractivity contribution in [3.63, 3.8) is 0 Å². The van der Waals surface area contributed by atoms with Gasteiger partial charge >= 0.3 is 0 Å². The van der Waals surface area contributed by atoms with E-state index in [4.69, 9.17) is 4.98 Å². The molecule has 1 aromatic carbocycles. The maximum absolute atomic E-state index is 4.75. The maximum atomic E-state index is 4.75. The molecule has 8 heteroatoms. The van der Waals surface area contributed by atoms with Gasteiger partial charge in [-0.05, 0) is 31.5 Å². The van der Waals surface area contributed by atoms with Crippen molar-refractivity contribution in [1.29, 1.82) is 0 Å². The van der Waals surface area contributed by atoms with E-state index >= 15 is 0 Å². The zero-order chi connectivity index (χ0) is 18.6. The molecule has 0 bridgehead atoms. The van der Waals surface area contributed by atoms with Crippen LogP contribution in [0.25, 0.3) is 0 Å². The average Bonchev–Trinajstić information content (AvgIpc) is 3.32. The molecule has 0 atom stereocenters. The first-order valence-corrected chi connectivity index (χ1v) is 9.50. The Kier molecular flexibility index (Phi) is 5.15. The van der Waals surface area contributed by atoms with Gasteiger partial charge in [-0.1, -0.05) is 12.1 Å². The summed E-state index contributed by atoms with van der Waals surface area (Å²) in [4.78, 5) is 13.6. The fourth-order valence-electron chi connectivity index (χ4n) is 3.51. The standard InChI is InChI=1S/C19H26N8/c1-3-27-19(22-18(23-27)12-26-15-20-14-21-26)13-24-7-9-25(10-8-24)17-6-4-5-16(2)11-17/h4-6,11,14-15H,3,7-10,12-13H2,1-2H3. The molecule has 0 radical (unpaired) electrons. The SMILES string of the molecule is CCn1nc(Cn2cncn2)nc1CN1CCN(c2cccc(C)c2)CC1. The number of aromatic nitrogens is 6. The van der Waals surface area contributed by atoms with Crippen LogP contribution < -0.4 is 4.90 Å². The molecule has 8 nitrogen and oxygen atoms in total. The van der Waals surface area contributed by atoms with E-state index in [1.54, 1.807) is 11.0 Å². The zero-order valence-corrected chi connectivity index (χ0v) is 16.0. The van der Waals surface area contributed by atoms with Gasteiger partial charge in [0.05, 0.1) is 6.54 Å². The summed E-state index contributed by atoms with van der Waals surface area (Å²) in [5.74, 6) is 1.81. The molecule has 3 aromatic rings. The van der Waals surface area contributed by atoms with Crippen molar-refractivity contribution in [2.45, 2.75) is 33.5 Å². The van der Waals surface area contributed by atoms with Crippen LogP contribution >= 0.6 is 0 Å². The van der Waals surface area contributed by atoms with Gasteiger partial charge in [-0.15, -0.1) is 0 Å². The first-order chi connectivity index (χ1) is 13.2. The highest BCUT2D eigenvalue weighted by Gasteiger charge is 2.20. The Hall–Kier alpha value is -2.74. The number of piperazine rings is 1. The van der Waals surface area contributed by atoms with E-state index in [1.807, 2.05) is 4.68 Å². The molecule has 0 N–H and O–H groups in total. The van der Waals surface area contributed by atoms with Gasteiger partial charge < -0.3 is 4.90 Å². The van der Waals surface area contributed by atoms with Crippen LogP contribution in [0.5, 0.6) is 0 Å². The fraction of sp³-hybridized carbons (Fsp3) is 0.474. The van der Waals surface area contributed by atoms with Gasteiger partial charge in [0, 0.05) is 38.4 Å². The van der Waals surface area contributed by atoms with Crippen molar-refractivity contribution in [3.05, 3.63) is 54.1 Å². The summed E-state index contributed by atoms with van der Waals surface area (Å²) in [6, 6.07) is 8.75. The van der Waals surface area contributed by atoms with Crippen LogP contribution in [-0.2, 0) is 19.6 Å². The van der Waals surface area contributed by atoms with Gasteiger partial charge in [-0.3, -0.25) is 4.90 Å². The summed E-state index contributed by atoms with van der Waals surface area (Å²) >= 11 is 0. The van der Waals surface area contributed by atoms with E-state index in [2.05, 4.69) is 63.1 Å². The normalized spacial score (nSPS) is 15.4. The van der Waals surface area contributed by atoms with E-state index in [1.165, 1.54) is 17.6 Å². The Morgan fingerprint density at radius 3 is 2.63 bits per heavy atom. The summed E-state index contributed by atoms with van der Waals surface area (Å²) in [5, 5.41) is 8.76. The molecule has 0 spiro atoms. The molecular formula is C19H26N8. The number of aryl methyl sites for hydroxylation is 2. The summed E-state index contributed by atoms with van der Waals surface area (Å²) in [6.45, 7) is 10.6. The highest BCUT2D eigenvalue weighted by atomic mass is 15.4. The molecule has 2 aromatic heterocycles. The first-order valence-electron chi connectivity index (χ1n) is 9.50. The summed E-state index contributed by atoms with van der Waals surface area (Å²) in [7, 11) is 0. The molecule has 0 aliphatic carbocycles. The third kappa shape index (κ3) is 4.16. The second kappa shape index (κ2) is 7.87. The second-order valence-electron chi connectivity index (χ2n) is 6.96. The number of benzene rings is 1. The van der Waals surface area contributed by atoms with Crippen molar-refractivity contribution < 1.29 is 0 Å². The monoisotopic (exact) mass is 366 g/mol. The average molecular weight is 366 g/mol. The predicted molar refractivity (Wildman–Crippen MR) is 103 cm³/mol. The van der Waals surface area contributed by atoms with Gasteiger partial charge in [0.1, 0.15) is 25.0 Å². The van der Waals surface area contributed by atoms with Gasteiger partial charge in [0.2, 0.25) is 0 Å². The Morgan fingerprint density at radius 1 is 1.07 bits per heavy atom. The molecule has 1 fully saturated rings. The van der Waals surface area contributed by atoms with Crippen molar-refractivity contribution in [2.75, 3.05) is 31.1 Å². The maximum Gasteiger partial charge on any atom is 0.172 e. The lowest BCUT2D eigenvalue weighted by atomic mass is 10.2. The lowest BCUT2D eigenvalue weighted by molar-refractivity contribution is 0.239. The summed E-state index contributed by atoms with van der Waals surface area (Å²) < 4.78 is 3.75. The summed E-state index contributed by atoms with van der Waals surface area (Å²) in [6.07, 6.45) is 3.22. The Bertz CT molecular complexity index is 862. The smallest absolute Gasteiger partial charge is 0.172 e. The molecular weight excluding hydrogens is 340 g/mol. The highest BCUT2D eigenvalue weighted by Crippen LogP contribution is 2.18. The van der Waals surface area contributed by atoms with Crippen molar-refractivity contribution in [1.82, 2.24) is 34.4 Å². The van der Waals surface area contributed by atoms with Crippen LogP contribution in [0.2, 0.25) is 0 Å². The third-order valence-corrected chi connectivity index (χ3v) is 4.97. The van der Waals surface area contributed by atoms with Crippen LogP contribution in [0.3, 0.4) is 0 Å². The minimum atomic E-state index is 0.557. The number of hydrogen-bond donors (Lipinski definition) is 0. The number of hydrogen-bond acceptors (Lipinski definition) is 6. The van der Waals surface area contributed by atoms with Crippen LogP contribution in [-0.4, -0.2) is 60.6 Å². The minimum Gasteiger partial charge on any atom is -0.369 e. The van der Waals surface area contributed by atoms with Crippen molar-refractivity contribution in [2.24, 2.45) is 0 Å². The van der Waals surface area contributed by atoms with Crippen LogP contribution in [0, 0.1) is 6.92 Å². The van der Waals surface area contributed by atoms with Crippen molar-refractivity contribution in [3.8, 4) is 0 Å². The lowest BCUT2D eigenvalue weighted by Crippen LogP contribution is -2.46. The van der Waals surface area contributed by atoms with E-state index < -0.39 is 0 Å². The van der Waals surface area contributed by atoms with Gasteiger partial charge in [-0.2, -0.15) is 10.2 Å². The van der Waals surface area contributed by atoms with Crippen molar-refractivity contribution >= 4 is 5.69 Å². The predicted octanol–water partition coefficient (Wildman–Crippen LogP) is 1.57. The lowest BCUT2D eigenvalue weighted by Gasteiger charge is -2.36. The van der Waals surface area contributed by atoms with E-state index in [0.717, 1.165) is 50.9 Å². The van der Waals surface area contributed by atoms with Crippen LogP contribution in [0.1, 0.15) is 24.1 Å². The molecule has 0 saturated carbocycles. The van der Waals surface area contributed by atoms with Crippen LogP contribution in [0.15, 0.2) is 36.9 Å². The molecule has 1 saturated heterocycles. The topological polar surface area (TPSA) is 67.9 Å². The van der Waals surface area contributed by atoms with E-state index in [9.17, 15) is 0 Å². The molecule has 27 heavy (non-hydrogen) atoms. The van der Waals surface area contributed by atoms with Gasteiger partial charge in [0.25, 0.3) is 0 Å². The molecule has 142 valence electrons. The minimum absolute atomic E-state index is 0.557. The molecule has 1 aliphatic rings. The van der Waals surface area contributed by atoms with Crippen LogP contribution in [0.4, 0.5) is 5.69 Å². The van der Waals surface area contributed by atoms with Gasteiger partial charge in [0.15, 0.2) is 5.82 Å². The quantitative estimate of drug-likeness (QED) is 0.660. The largest absolute Gasteiger partial charge is 0.369 e.